The number of benzene rings is 1. The predicted octanol–water partition coefficient (Wildman–Crippen LogP) is 2.97. The van der Waals surface area contributed by atoms with E-state index in [1.807, 2.05) is 38.1 Å². The first kappa shape index (κ1) is 11.1. The van der Waals surface area contributed by atoms with Crippen molar-refractivity contribution >= 4 is 12.6 Å². The Morgan fingerprint density at radius 2 is 1.69 bits per heavy atom. The molecule has 0 aliphatic carbocycles. The Labute approximate surface area is 101 Å². The van der Waals surface area contributed by atoms with E-state index >= 15 is 0 Å². The minimum Gasteiger partial charge on any atom is -0.238 e. The van der Waals surface area contributed by atoms with Gasteiger partial charge in [-0.05, 0) is 31.5 Å². The second kappa shape index (κ2) is 4.66. The number of aromatic nitrogens is 2. The molecule has 16 heavy (non-hydrogen) atoms. The number of thiol groups is 1. The zero-order valence-electron chi connectivity index (χ0n) is 9.44. The van der Waals surface area contributed by atoms with Gasteiger partial charge in [0.25, 0.3) is 0 Å². The third-order valence-electron chi connectivity index (χ3n) is 2.37. The Kier molecular flexibility index (Phi) is 3.25. The van der Waals surface area contributed by atoms with Crippen LogP contribution in [-0.4, -0.2) is 9.97 Å². The van der Waals surface area contributed by atoms with Crippen molar-refractivity contribution in [2.45, 2.75) is 25.2 Å². The van der Waals surface area contributed by atoms with Crippen LogP contribution in [-0.2, 0) is 6.42 Å². The molecule has 0 saturated carbocycles. The lowest BCUT2D eigenvalue weighted by atomic mass is 10.1. The summed E-state index contributed by atoms with van der Waals surface area (Å²) in [6.07, 6.45) is 0.738. The molecule has 1 aromatic heterocycles. The Morgan fingerprint density at radius 3 is 2.31 bits per heavy atom. The first-order valence-corrected chi connectivity index (χ1v) is 5.68. The molecule has 2 rings (SSSR count). The number of aryl methyl sites for hydroxylation is 2. The van der Waals surface area contributed by atoms with Gasteiger partial charge in [0.15, 0.2) is 0 Å². The van der Waals surface area contributed by atoms with E-state index < -0.39 is 0 Å². The number of rotatable bonds is 2. The molecule has 0 radical (unpaired) electrons. The average Bonchev–Trinajstić information content (AvgIpc) is 2.20. The highest BCUT2D eigenvalue weighted by Gasteiger charge is 2.03. The zero-order chi connectivity index (χ0) is 11.5. The van der Waals surface area contributed by atoms with Crippen molar-refractivity contribution in [2.75, 3.05) is 0 Å². The Morgan fingerprint density at radius 1 is 1.06 bits per heavy atom. The fraction of sp³-hybridized carbons (Fsp3) is 0.231. The molecule has 0 fully saturated rings. The van der Waals surface area contributed by atoms with Crippen molar-refractivity contribution in [3.05, 3.63) is 53.1 Å². The highest BCUT2D eigenvalue weighted by atomic mass is 32.1. The molecule has 0 amide bonds. The van der Waals surface area contributed by atoms with Crippen LogP contribution in [0.5, 0.6) is 0 Å². The van der Waals surface area contributed by atoms with Crippen molar-refractivity contribution in [1.29, 1.82) is 0 Å². The van der Waals surface area contributed by atoms with Crippen molar-refractivity contribution in [3.63, 3.8) is 0 Å². The first-order valence-electron chi connectivity index (χ1n) is 5.23. The monoisotopic (exact) mass is 230 g/mol. The summed E-state index contributed by atoms with van der Waals surface area (Å²) in [6, 6.07) is 10.0. The van der Waals surface area contributed by atoms with Crippen molar-refractivity contribution in [1.82, 2.24) is 9.97 Å². The van der Waals surface area contributed by atoms with E-state index in [1.54, 1.807) is 0 Å². The molecule has 2 nitrogen and oxygen atoms in total. The smallest absolute Gasteiger partial charge is 0.133 e. The fourth-order valence-electron chi connectivity index (χ4n) is 1.71. The number of hydrogen-bond donors (Lipinski definition) is 1. The fourth-order valence-corrected chi connectivity index (χ4v) is 1.95. The molecule has 0 atom stereocenters. The van der Waals surface area contributed by atoms with Crippen LogP contribution in [0.4, 0.5) is 0 Å². The van der Waals surface area contributed by atoms with Gasteiger partial charge in [0.1, 0.15) is 5.82 Å². The van der Waals surface area contributed by atoms with Crippen LogP contribution in [0.3, 0.4) is 0 Å². The lowest BCUT2D eigenvalue weighted by molar-refractivity contribution is 0.908. The summed E-state index contributed by atoms with van der Waals surface area (Å²) in [6.45, 7) is 3.98. The zero-order valence-corrected chi connectivity index (χ0v) is 10.3. The maximum absolute atomic E-state index is 4.43. The highest BCUT2D eigenvalue weighted by molar-refractivity contribution is 7.80. The molecule has 2 aromatic rings. The second-order valence-electron chi connectivity index (χ2n) is 3.87. The standard InChI is InChI=1S/C13H14N2S/c1-9-7-10(2)15-13(14-9)8-11-5-3-4-6-12(11)16/h3-7,16H,8H2,1-2H3. The summed E-state index contributed by atoms with van der Waals surface area (Å²) in [5, 5.41) is 0. The van der Waals surface area contributed by atoms with E-state index in [0.29, 0.717) is 0 Å². The Hall–Kier alpha value is -1.35. The third kappa shape index (κ3) is 2.61. The molecule has 0 spiro atoms. The molecule has 1 heterocycles. The van der Waals surface area contributed by atoms with E-state index in [-0.39, 0.29) is 0 Å². The maximum atomic E-state index is 4.43. The molecule has 0 bridgehead atoms. The molecule has 3 heteroatoms. The van der Waals surface area contributed by atoms with Gasteiger partial charge < -0.3 is 0 Å². The lowest BCUT2D eigenvalue weighted by Gasteiger charge is -2.05. The predicted molar refractivity (Wildman–Crippen MR) is 68.0 cm³/mol. The molecule has 0 saturated heterocycles. The second-order valence-corrected chi connectivity index (χ2v) is 4.35. The number of hydrogen-bond acceptors (Lipinski definition) is 3. The van der Waals surface area contributed by atoms with Crippen LogP contribution < -0.4 is 0 Å². The van der Waals surface area contributed by atoms with E-state index in [1.165, 1.54) is 0 Å². The summed E-state index contributed by atoms with van der Waals surface area (Å²) >= 11 is 4.42. The summed E-state index contributed by atoms with van der Waals surface area (Å²) in [5.41, 5.74) is 3.19. The SMILES string of the molecule is Cc1cc(C)nc(Cc2ccccc2S)n1. The minimum absolute atomic E-state index is 0.738. The van der Waals surface area contributed by atoms with Crippen LogP contribution >= 0.6 is 12.6 Å². The highest BCUT2D eigenvalue weighted by Crippen LogP contribution is 2.15. The molecule has 82 valence electrons. The van der Waals surface area contributed by atoms with Crippen molar-refractivity contribution in [3.8, 4) is 0 Å². The van der Waals surface area contributed by atoms with Crippen LogP contribution in [0.1, 0.15) is 22.8 Å². The number of nitrogens with zero attached hydrogens (tertiary/aromatic N) is 2. The normalized spacial score (nSPS) is 10.4. The third-order valence-corrected chi connectivity index (χ3v) is 2.81. The summed E-state index contributed by atoms with van der Waals surface area (Å²) in [7, 11) is 0. The van der Waals surface area contributed by atoms with Gasteiger partial charge in [-0.25, -0.2) is 9.97 Å². The van der Waals surface area contributed by atoms with Crippen LogP contribution in [0, 0.1) is 13.8 Å². The van der Waals surface area contributed by atoms with Gasteiger partial charge in [-0.1, -0.05) is 18.2 Å². The topological polar surface area (TPSA) is 25.8 Å². The van der Waals surface area contributed by atoms with Gasteiger partial charge in [0.2, 0.25) is 0 Å². The average molecular weight is 230 g/mol. The summed E-state index contributed by atoms with van der Waals surface area (Å²) in [5.74, 6) is 0.860. The van der Waals surface area contributed by atoms with Gasteiger partial charge in [-0.3, -0.25) is 0 Å². The summed E-state index contributed by atoms with van der Waals surface area (Å²) < 4.78 is 0. The van der Waals surface area contributed by atoms with Gasteiger partial charge in [-0.15, -0.1) is 12.6 Å². The molecular weight excluding hydrogens is 216 g/mol. The largest absolute Gasteiger partial charge is 0.238 e. The van der Waals surface area contributed by atoms with E-state index in [4.69, 9.17) is 0 Å². The van der Waals surface area contributed by atoms with Crippen LogP contribution in [0.2, 0.25) is 0 Å². The Bertz CT molecular complexity index is 489. The van der Waals surface area contributed by atoms with Gasteiger partial charge in [0.05, 0.1) is 0 Å². The van der Waals surface area contributed by atoms with Gasteiger partial charge in [-0.2, -0.15) is 0 Å². The molecule has 1 aromatic carbocycles. The molecule has 0 N–H and O–H groups in total. The maximum Gasteiger partial charge on any atom is 0.133 e. The van der Waals surface area contributed by atoms with Crippen molar-refractivity contribution in [2.24, 2.45) is 0 Å². The molecule has 0 aliphatic heterocycles. The Balaban J connectivity index is 2.30. The molecular formula is C13H14N2S. The van der Waals surface area contributed by atoms with Crippen molar-refractivity contribution < 1.29 is 0 Å². The van der Waals surface area contributed by atoms with Gasteiger partial charge in [0, 0.05) is 22.7 Å². The van der Waals surface area contributed by atoms with E-state index in [0.717, 1.165) is 34.1 Å². The van der Waals surface area contributed by atoms with E-state index in [9.17, 15) is 0 Å². The minimum atomic E-state index is 0.738. The molecule has 0 unspecified atom stereocenters. The first-order chi connectivity index (χ1) is 7.65. The van der Waals surface area contributed by atoms with Gasteiger partial charge >= 0.3 is 0 Å². The quantitative estimate of drug-likeness (QED) is 0.803. The van der Waals surface area contributed by atoms with Crippen LogP contribution in [0.15, 0.2) is 35.2 Å². The van der Waals surface area contributed by atoms with Crippen LogP contribution in [0.25, 0.3) is 0 Å². The van der Waals surface area contributed by atoms with E-state index in [2.05, 4.69) is 28.7 Å². The molecule has 0 aliphatic rings. The lowest BCUT2D eigenvalue weighted by Crippen LogP contribution is -2.00. The summed E-state index contributed by atoms with van der Waals surface area (Å²) in [4.78, 5) is 9.84.